The summed E-state index contributed by atoms with van der Waals surface area (Å²) in [6.45, 7) is 1.16. The molecule has 4 rings (SSSR count). The maximum atomic E-state index is 12.7. The van der Waals surface area contributed by atoms with Gasteiger partial charge in [-0.25, -0.2) is 4.68 Å². The van der Waals surface area contributed by atoms with Gasteiger partial charge in [0.2, 0.25) is 5.88 Å². The molecule has 9 nitrogen and oxygen atoms in total. The average molecular weight is 337 g/mol. The molecule has 1 amide bonds. The number of aromatic nitrogens is 6. The van der Waals surface area contributed by atoms with Gasteiger partial charge in [0.25, 0.3) is 5.91 Å². The first-order valence-electron chi connectivity index (χ1n) is 7.87. The lowest BCUT2D eigenvalue weighted by Crippen LogP contribution is -2.31. The molecule has 1 aliphatic heterocycles. The number of amides is 1. The monoisotopic (exact) mass is 337 g/mol. The van der Waals surface area contributed by atoms with E-state index < -0.39 is 0 Å². The molecule has 1 aromatic carbocycles. The highest BCUT2D eigenvalue weighted by molar-refractivity contribution is 5.95. The normalized spacial score (nSPS) is 16.8. The molecular weight excluding hydrogens is 322 g/mol. The van der Waals surface area contributed by atoms with Crippen LogP contribution in [0.1, 0.15) is 16.8 Å². The number of hydrogen-bond donors (Lipinski definition) is 0. The van der Waals surface area contributed by atoms with Crippen molar-refractivity contribution in [3.63, 3.8) is 0 Å². The first-order chi connectivity index (χ1) is 12.3. The van der Waals surface area contributed by atoms with Crippen molar-refractivity contribution in [1.29, 1.82) is 0 Å². The highest BCUT2D eigenvalue weighted by Crippen LogP contribution is 2.19. The van der Waals surface area contributed by atoms with E-state index in [2.05, 4.69) is 25.7 Å². The van der Waals surface area contributed by atoms with E-state index in [0.29, 0.717) is 24.5 Å². The van der Waals surface area contributed by atoms with Gasteiger partial charge in [0.1, 0.15) is 12.4 Å². The number of likely N-dealkylation sites (tertiary alicyclic amines) is 1. The Hall–Kier alpha value is -3.36. The van der Waals surface area contributed by atoms with Gasteiger partial charge in [0, 0.05) is 30.8 Å². The Labute approximate surface area is 143 Å². The van der Waals surface area contributed by atoms with Crippen molar-refractivity contribution in [1.82, 2.24) is 35.3 Å². The Kier molecular flexibility index (Phi) is 4.03. The zero-order valence-corrected chi connectivity index (χ0v) is 13.3. The minimum absolute atomic E-state index is 0.0415. The lowest BCUT2D eigenvalue weighted by atomic mass is 10.2. The van der Waals surface area contributed by atoms with Gasteiger partial charge in [0.05, 0.1) is 12.2 Å². The van der Waals surface area contributed by atoms with Crippen LogP contribution >= 0.6 is 0 Å². The summed E-state index contributed by atoms with van der Waals surface area (Å²) in [6.07, 6.45) is 3.76. The van der Waals surface area contributed by atoms with Gasteiger partial charge < -0.3 is 9.64 Å². The minimum atomic E-state index is -0.0802. The van der Waals surface area contributed by atoms with Crippen LogP contribution in [0.3, 0.4) is 0 Å². The SMILES string of the molecule is O=C(c1cccc(-n2cnnn2)c1)N1CCC(Oc2cccnn2)C1. The molecule has 1 fully saturated rings. The van der Waals surface area contributed by atoms with Crippen molar-refractivity contribution in [2.75, 3.05) is 13.1 Å². The van der Waals surface area contributed by atoms with Crippen molar-refractivity contribution < 1.29 is 9.53 Å². The number of tetrazole rings is 1. The van der Waals surface area contributed by atoms with Gasteiger partial charge in [-0.3, -0.25) is 4.79 Å². The molecule has 3 heterocycles. The molecule has 25 heavy (non-hydrogen) atoms. The Morgan fingerprint density at radius 3 is 2.96 bits per heavy atom. The van der Waals surface area contributed by atoms with Crippen LogP contribution < -0.4 is 4.74 Å². The van der Waals surface area contributed by atoms with Crippen LogP contribution in [0.15, 0.2) is 48.9 Å². The molecule has 9 heteroatoms. The van der Waals surface area contributed by atoms with Gasteiger partial charge in [-0.2, -0.15) is 5.10 Å². The number of carbonyl (C=O) groups excluding carboxylic acids is 1. The maximum Gasteiger partial charge on any atom is 0.254 e. The fourth-order valence-electron chi connectivity index (χ4n) is 2.77. The third-order valence-electron chi connectivity index (χ3n) is 3.97. The summed E-state index contributed by atoms with van der Waals surface area (Å²) in [5.74, 6) is 0.433. The maximum absolute atomic E-state index is 12.7. The second-order valence-electron chi connectivity index (χ2n) is 5.65. The quantitative estimate of drug-likeness (QED) is 0.692. The predicted molar refractivity (Wildman–Crippen MR) is 86.1 cm³/mol. The topological polar surface area (TPSA) is 98.9 Å². The fraction of sp³-hybridized carbons (Fsp3) is 0.250. The number of benzene rings is 1. The van der Waals surface area contributed by atoms with E-state index in [9.17, 15) is 4.79 Å². The molecule has 0 saturated carbocycles. The fourth-order valence-corrected chi connectivity index (χ4v) is 2.77. The molecule has 0 bridgehead atoms. The van der Waals surface area contributed by atoms with Crippen LogP contribution in [0.2, 0.25) is 0 Å². The minimum Gasteiger partial charge on any atom is -0.471 e. The van der Waals surface area contributed by atoms with E-state index in [4.69, 9.17) is 4.74 Å². The van der Waals surface area contributed by atoms with Crippen molar-refractivity contribution in [2.45, 2.75) is 12.5 Å². The Morgan fingerprint density at radius 2 is 2.16 bits per heavy atom. The molecule has 1 aliphatic rings. The van der Waals surface area contributed by atoms with E-state index in [1.54, 1.807) is 35.4 Å². The molecule has 0 radical (unpaired) electrons. The number of carbonyl (C=O) groups is 1. The lowest BCUT2D eigenvalue weighted by Gasteiger charge is -2.17. The van der Waals surface area contributed by atoms with E-state index in [0.717, 1.165) is 12.1 Å². The van der Waals surface area contributed by atoms with Gasteiger partial charge in [-0.1, -0.05) is 6.07 Å². The number of ether oxygens (including phenoxy) is 1. The van der Waals surface area contributed by atoms with Gasteiger partial charge >= 0.3 is 0 Å². The lowest BCUT2D eigenvalue weighted by molar-refractivity contribution is 0.0771. The highest BCUT2D eigenvalue weighted by atomic mass is 16.5. The van der Waals surface area contributed by atoms with Gasteiger partial charge in [-0.05, 0) is 34.7 Å². The van der Waals surface area contributed by atoms with E-state index in [-0.39, 0.29) is 12.0 Å². The van der Waals surface area contributed by atoms with Crippen LogP contribution in [-0.2, 0) is 0 Å². The second kappa shape index (κ2) is 6.63. The van der Waals surface area contributed by atoms with Crippen LogP contribution in [0, 0.1) is 0 Å². The number of nitrogens with zero attached hydrogens (tertiary/aromatic N) is 7. The number of hydrogen-bond acceptors (Lipinski definition) is 7. The largest absolute Gasteiger partial charge is 0.471 e. The molecule has 126 valence electrons. The summed E-state index contributed by atoms with van der Waals surface area (Å²) < 4.78 is 7.29. The van der Waals surface area contributed by atoms with E-state index >= 15 is 0 Å². The van der Waals surface area contributed by atoms with Gasteiger partial charge in [-0.15, -0.1) is 10.2 Å². The molecule has 3 aromatic rings. The van der Waals surface area contributed by atoms with Crippen molar-refractivity contribution in [2.24, 2.45) is 0 Å². The Balaban J connectivity index is 1.44. The first-order valence-corrected chi connectivity index (χ1v) is 7.87. The molecule has 0 aliphatic carbocycles. The summed E-state index contributed by atoms with van der Waals surface area (Å²) in [4.78, 5) is 14.5. The van der Waals surface area contributed by atoms with Crippen LogP contribution in [0.5, 0.6) is 5.88 Å². The summed E-state index contributed by atoms with van der Waals surface area (Å²) in [5.41, 5.74) is 1.33. The molecule has 0 N–H and O–H groups in total. The Morgan fingerprint density at radius 1 is 1.20 bits per heavy atom. The summed E-state index contributed by atoms with van der Waals surface area (Å²) in [7, 11) is 0. The number of rotatable bonds is 4. The summed E-state index contributed by atoms with van der Waals surface area (Å²) >= 11 is 0. The summed E-state index contributed by atoms with van der Waals surface area (Å²) in [5, 5.41) is 18.8. The van der Waals surface area contributed by atoms with Gasteiger partial charge in [0.15, 0.2) is 0 Å². The molecule has 2 aromatic heterocycles. The van der Waals surface area contributed by atoms with Crippen LogP contribution in [0.25, 0.3) is 5.69 Å². The summed E-state index contributed by atoms with van der Waals surface area (Å²) in [6, 6.07) is 10.7. The first kappa shape index (κ1) is 15.2. The van der Waals surface area contributed by atoms with E-state index in [1.807, 2.05) is 12.1 Å². The third kappa shape index (κ3) is 3.30. The van der Waals surface area contributed by atoms with Crippen molar-refractivity contribution in [3.05, 3.63) is 54.5 Å². The average Bonchev–Trinajstić information content (AvgIpc) is 3.34. The highest BCUT2D eigenvalue weighted by Gasteiger charge is 2.28. The standard InChI is InChI=1S/C16H15N7O2/c24-16(12-3-1-4-13(9-12)23-11-18-20-21-23)22-8-6-14(10-22)25-15-5-2-7-17-19-15/h1-5,7,9,11,14H,6,8,10H2. The van der Waals surface area contributed by atoms with Crippen molar-refractivity contribution in [3.8, 4) is 11.6 Å². The molecule has 1 atom stereocenters. The molecular formula is C16H15N7O2. The smallest absolute Gasteiger partial charge is 0.254 e. The third-order valence-corrected chi connectivity index (χ3v) is 3.97. The molecule has 0 spiro atoms. The van der Waals surface area contributed by atoms with Crippen LogP contribution in [0.4, 0.5) is 0 Å². The van der Waals surface area contributed by atoms with E-state index in [1.165, 1.54) is 11.0 Å². The second-order valence-corrected chi connectivity index (χ2v) is 5.65. The Bertz CT molecular complexity index is 854. The zero-order chi connectivity index (χ0) is 17.1. The molecule has 1 unspecified atom stereocenters. The predicted octanol–water partition coefficient (Wildman–Crippen LogP) is 0.746. The van der Waals surface area contributed by atoms with Crippen molar-refractivity contribution >= 4 is 5.91 Å². The van der Waals surface area contributed by atoms with Crippen LogP contribution in [-0.4, -0.2) is 60.4 Å². The molecule has 1 saturated heterocycles. The zero-order valence-electron chi connectivity index (χ0n) is 13.3.